The molecule has 0 fully saturated rings. The van der Waals surface area contributed by atoms with Gasteiger partial charge in [0.05, 0.1) is 32.0 Å². The lowest BCUT2D eigenvalue weighted by molar-refractivity contribution is -0.384. The van der Waals surface area contributed by atoms with Crippen LogP contribution in [0.2, 0.25) is 10.0 Å². The van der Waals surface area contributed by atoms with E-state index < -0.39 is 27.3 Å². The molecule has 1 N–H and O–H groups in total. The van der Waals surface area contributed by atoms with Gasteiger partial charge in [-0.3, -0.25) is 19.2 Å². The smallest absolute Gasteiger partial charge is 0.305 e. The second-order valence-electron chi connectivity index (χ2n) is 5.52. The zero-order valence-electron chi connectivity index (χ0n) is 13.9. The van der Waals surface area contributed by atoms with Crippen molar-refractivity contribution in [3.8, 4) is 0 Å². The van der Waals surface area contributed by atoms with Crippen LogP contribution in [0, 0.1) is 17.0 Å². The second kappa shape index (κ2) is 8.12. The summed E-state index contributed by atoms with van der Waals surface area (Å²) in [5.41, 5.74) is 0.229. The van der Waals surface area contributed by atoms with Crippen molar-refractivity contribution in [2.45, 2.75) is 18.2 Å². The number of sulfonamides is 1. The molecular formula is C16H14Cl2N2O6S. The number of nitrogens with zero attached hydrogens (tertiary/aromatic N) is 2. The van der Waals surface area contributed by atoms with Crippen LogP contribution in [0.1, 0.15) is 12.0 Å². The average molecular weight is 433 g/mol. The fraction of sp³-hybridized carbons (Fsp3) is 0.188. The van der Waals surface area contributed by atoms with Crippen molar-refractivity contribution in [2.24, 2.45) is 0 Å². The summed E-state index contributed by atoms with van der Waals surface area (Å²) in [5, 5.41) is 20.1. The van der Waals surface area contributed by atoms with Crippen LogP contribution in [-0.4, -0.2) is 31.0 Å². The zero-order valence-corrected chi connectivity index (χ0v) is 16.3. The molecular weight excluding hydrogens is 419 g/mol. The molecule has 0 saturated heterocycles. The van der Waals surface area contributed by atoms with Crippen LogP contribution in [0.4, 0.5) is 11.4 Å². The number of carboxylic acids is 1. The van der Waals surface area contributed by atoms with Gasteiger partial charge in [0, 0.05) is 18.7 Å². The molecule has 0 atom stereocenters. The molecule has 0 aliphatic rings. The molecule has 0 heterocycles. The van der Waals surface area contributed by atoms with Crippen molar-refractivity contribution in [3.63, 3.8) is 0 Å². The standard InChI is InChI=1S/C16H14Cl2N2O6S/c1-10-8-11(20(23)24)2-5-15(10)19(7-6-16(21)22)27(25,26)12-3-4-13(17)14(18)9-12/h2-5,8-9H,6-7H2,1H3,(H,21,22). The monoisotopic (exact) mass is 432 g/mol. The van der Waals surface area contributed by atoms with Crippen LogP contribution >= 0.6 is 23.2 Å². The third-order valence-corrected chi connectivity index (χ3v) is 6.22. The highest BCUT2D eigenvalue weighted by molar-refractivity contribution is 7.92. The summed E-state index contributed by atoms with van der Waals surface area (Å²) in [4.78, 5) is 21.1. The van der Waals surface area contributed by atoms with E-state index in [0.29, 0.717) is 5.56 Å². The normalized spacial score (nSPS) is 11.2. The lowest BCUT2D eigenvalue weighted by Gasteiger charge is -2.25. The number of carboxylic acid groups (broad SMARTS) is 1. The molecule has 0 unspecified atom stereocenters. The van der Waals surface area contributed by atoms with Crippen LogP contribution in [-0.2, 0) is 14.8 Å². The van der Waals surface area contributed by atoms with Crippen molar-refractivity contribution in [1.82, 2.24) is 0 Å². The molecule has 2 aromatic carbocycles. The van der Waals surface area contributed by atoms with Crippen LogP contribution in [0.25, 0.3) is 0 Å². The van der Waals surface area contributed by atoms with E-state index in [4.69, 9.17) is 28.3 Å². The van der Waals surface area contributed by atoms with Crippen molar-refractivity contribution in [1.29, 1.82) is 0 Å². The van der Waals surface area contributed by atoms with Crippen LogP contribution in [0.5, 0.6) is 0 Å². The molecule has 2 rings (SSSR count). The third-order valence-electron chi connectivity index (χ3n) is 3.67. The van der Waals surface area contributed by atoms with E-state index in [1.165, 1.54) is 31.2 Å². The van der Waals surface area contributed by atoms with Gasteiger partial charge in [-0.1, -0.05) is 23.2 Å². The number of aryl methyl sites for hydroxylation is 1. The Bertz CT molecular complexity index is 1010. The molecule has 0 spiro atoms. The number of carbonyl (C=O) groups is 1. The van der Waals surface area contributed by atoms with E-state index >= 15 is 0 Å². The van der Waals surface area contributed by atoms with Gasteiger partial charge in [0.25, 0.3) is 15.7 Å². The maximum absolute atomic E-state index is 13.1. The number of hydrogen-bond donors (Lipinski definition) is 1. The Balaban J connectivity index is 2.58. The number of aliphatic carboxylic acids is 1. The Morgan fingerprint density at radius 1 is 1.19 bits per heavy atom. The van der Waals surface area contributed by atoms with Crippen molar-refractivity contribution in [2.75, 3.05) is 10.8 Å². The number of rotatable bonds is 7. The van der Waals surface area contributed by atoms with Crippen molar-refractivity contribution >= 4 is 50.6 Å². The number of non-ortho nitro benzene ring substituents is 1. The molecule has 27 heavy (non-hydrogen) atoms. The molecule has 0 aromatic heterocycles. The van der Waals surface area contributed by atoms with E-state index in [0.717, 1.165) is 16.4 Å². The Morgan fingerprint density at radius 2 is 1.85 bits per heavy atom. The Labute approximate surface area is 165 Å². The minimum Gasteiger partial charge on any atom is -0.481 e. The van der Waals surface area contributed by atoms with Gasteiger partial charge in [0.1, 0.15) is 0 Å². The fourth-order valence-electron chi connectivity index (χ4n) is 2.36. The summed E-state index contributed by atoms with van der Waals surface area (Å²) in [6.45, 7) is 1.14. The molecule has 0 radical (unpaired) electrons. The van der Waals surface area contributed by atoms with Gasteiger partial charge in [-0.15, -0.1) is 0 Å². The molecule has 0 aliphatic heterocycles. The Morgan fingerprint density at radius 3 is 2.37 bits per heavy atom. The first-order valence-corrected chi connectivity index (χ1v) is 9.68. The van der Waals surface area contributed by atoms with Gasteiger partial charge in [-0.25, -0.2) is 8.42 Å². The van der Waals surface area contributed by atoms with Crippen molar-refractivity contribution < 1.29 is 23.2 Å². The molecule has 0 saturated carbocycles. The SMILES string of the molecule is Cc1cc([N+](=O)[O-])ccc1N(CCC(=O)O)S(=O)(=O)c1ccc(Cl)c(Cl)c1. The first-order valence-electron chi connectivity index (χ1n) is 7.48. The Kier molecular flexibility index (Phi) is 6.30. The largest absolute Gasteiger partial charge is 0.481 e. The van der Waals surface area contributed by atoms with Gasteiger partial charge >= 0.3 is 5.97 Å². The molecule has 0 amide bonds. The molecule has 2 aromatic rings. The third kappa shape index (κ3) is 4.68. The zero-order chi connectivity index (χ0) is 20.4. The first-order chi connectivity index (χ1) is 12.5. The van der Waals surface area contributed by atoms with Gasteiger partial charge in [-0.2, -0.15) is 0 Å². The van der Waals surface area contributed by atoms with Gasteiger partial charge in [0.2, 0.25) is 0 Å². The van der Waals surface area contributed by atoms with E-state index in [-0.39, 0.29) is 32.9 Å². The number of anilines is 1. The fourth-order valence-corrected chi connectivity index (χ4v) is 4.28. The molecule has 144 valence electrons. The molecule has 8 nitrogen and oxygen atoms in total. The predicted molar refractivity (Wildman–Crippen MR) is 101 cm³/mol. The summed E-state index contributed by atoms with van der Waals surface area (Å²) in [5.74, 6) is -1.19. The summed E-state index contributed by atoms with van der Waals surface area (Å²) in [6, 6.07) is 7.36. The van der Waals surface area contributed by atoms with Gasteiger partial charge in [0.15, 0.2) is 0 Å². The highest BCUT2D eigenvalue weighted by atomic mass is 35.5. The number of nitro benzene ring substituents is 1. The summed E-state index contributed by atoms with van der Waals surface area (Å²) in [6.07, 6.45) is -0.461. The minimum atomic E-state index is -4.19. The second-order valence-corrected chi connectivity index (χ2v) is 8.20. The highest BCUT2D eigenvalue weighted by Gasteiger charge is 2.28. The number of hydrogen-bond acceptors (Lipinski definition) is 5. The summed E-state index contributed by atoms with van der Waals surface area (Å²) < 4.78 is 27.0. The molecule has 0 bridgehead atoms. The van der Waals surface area contributed by atoms with Crippen LogP contribution in [0.3, 0.4) is 0 Å². The quantitative estimate of drug-likeness (QED) is 0.523. The number of halogens is 2. The van der Waals surface area contributed by atoms with Crippen molar-refractivity contribution in [3.05, 3.63) is 62.1 Å². The summed E-state index contributed by atoms with van der Waals surface area (Å²) in [7, 11) is -4.19. The van der Waals surface area contributed by atoms with Gasteiger partial charge < -0.3 is 5.11 Å². The number of nitro groups is 1. The molecule has 11 heteroatoms. The topological polar surface area (TPSA) is 118 Å². The van der Waals surface area contributed by atoms with E-state index in [1.54, 1.807) is 0 Å². The first kappa shape index (κ1) is 20.9. The number of benzene rings is 2. The van der Waals surface area contributed by atoms with Gasteiger partial charge in [-0.05, 0) is 36.8 Å². The molecule has 0 aliphatic carbocycles. The maximum atomic E-state index is 13.1. The predicted octanol–water partition coefficient (Wildman–Crippen LogP) is 3.88. The highest BCUT2D eigenvalue weighted by Crippen LogP contribution is 2.32. The lowest BCUT2D eigenvalue weighted by atomic mass is 10.2. The van der Waals surface area contributed by atoms with Crippen LogP contribution in [0.15, 0.2) is 41.3 Å². The van der Waals surface area contributed by atoms with E-state index in [9.17, 15) is 23.3 Å². The maximum Gasteiger partial charge on any atom is 0.305 e. The van der Waals surface area contributed by atoms with E-state index in [1.807, 2.05) is 0 Å². The van der Waals surface area contributed by atoms with E-state index in [2.05, 4.69) is 0 Å². The summed E-state index contributed by atoms with van der Waals surface area (Å²) >= 11 is 11.7. The van der Waals surface area contributed by atoms with Crippen LogP contribution < -0.4 is 4.31 Å². The minimum absolute atomic E-state index is 0.0244. The lowest BCUT2D eigenvalue weighted by Crippen LogP contribution is -2.33. The Hall–Kier alpha value is -2.36. The average Bonchev–Trinajstić information content (AvgIpc) is 2.58.